The van der Waals surface area contributed by atoms with Crippen molar-refractivity contribution in [1.29, 1.82) is 0 Å². The number of esters is 1. The highest BCUT2D eigenvalue weighted by atomic mass is 32.2. The number of anilines is 1. The Morgan fingerprint density at radius 1 is 1.06 bits per heavy atom. The number of benzene rings is 2. The molecule has 33 heavy (non-hydrogen) atoms. The lowest BCUT2D eigenvalue weighted by atomic mass is 10.1. The Balaban J connectivity index is 1.61. The molecule has 0 atom stereocenters. The lowest BCUT2D eigenvalue weighted by molar-refractivity contribution is -0.119. The number of carbonyl (C=O) groups is 2. The number of sulfonamides is 1. The smallest absolute Gasteiger partial charge is 0.338 e. The summed E-state index contributed by atoms with van der Waals surface area (Å²) in [6.45, 7) is -0.562. The molecule has 0 aliphatic heterocycles. The number of nitrogens with one attached hydrogen (secondary N) is 2. The predicted molar refractivity (Wildman–Crippen MR) is 122 cm³/mol. The van der Waals surface area contributed by atoms with Gasteiger partial charge in [-0.1, -0.05) is 6.07 Å². The third-order valence-electron chi connectivity index (χ3n) is 4.41. The van der Waals surface area contributed by atoms with E-state index in [-0.39, 0.29) is 10.5 Å². The summed E-state index contributed by atoms with van der Waals surface area (Å²) in [5.41, 5.74) is 1.40. The fraction of sp³-hybridized carbons (Fsp3) is 0.190. The number of thiazole rings is 1. The molecule has 3 rings (SSSR count). The highest BCUT2D eigenvalue weighted by Gasteiger charge is 2.17. The van der Waals surface area contributed by atoms with Gasteiger partial charge in [0.1, 0.15) is 0 Å². The van der Waals surface area contributed by atoms with Gasteiger partial charge in [0.25, 0.3) is 5.91 Å². The molecule has 174 valence electrons. The second kappa shape index (κ2) is 10.4. The number of amides is 1. The largest absolute Gasteiger partial charge is 0.493 e. The summed E-state index contributed by atoms with van der Waals surface area (Å²) in [6, 6.07) is 10.6. The van der Waals surface area contributed by atoms with Crippen LogP contribution in [0, 0.1) is 0 Å². The first-order valence-corrected chi connectivity index (χ1v) is 11.8. The van der Waals surface area contributed by atoms with Gasteiger partial charge in [-0.3, -0.25) is 10.1 Å². The molecule has 2 N–H and O–H groups in total. The van der Waals surface area contributed by atoms with Gasteiger partial charge < -0.3 is 14.2 Å². The molecule has 10 nitrogen and oxygen atoms in total. The first-order valence-electron chi connectivity index (χ1n) is 9.46. The molecule has 1 aromatic heterocycles. The van der Waals surface area contributed by atoms with E-state index in [0.717, 1.165) is 5.56 Å². The first kappa shape index (κ1) is 24.2. The van der Waals surface area contributed by atoms with E-state index in [1.54, 1.807) is 24.6 Å². The molecule has 0 unspecified atom stereocenters. The average Bonchev–Trinajstić information content (AvgIpc) is 3.30. The molecular weight excluding hydrogens is 470 g/mol. The van der Waals surface area contributed by atoms with Crippen molar-refractivity contribution >= 4 is 38.4 Å². The van der Waals surface area contributed by atoms with E-state index < -0.39 is 28.5 Å². The zero-order valence-electron chi connectivity index (χ0n) is 17.9. The lowest BCUT2D eigenvalue weighted by Crippen LogP contribution is -2.21. The minimum absolute atomic E-state index is 0.00381. The first-order chi connectivity index (χ1) is 15.8. The van der Waals surface area contributed by atoms with Crippen LogP contribution in [0.4, 0.5) is 5.13 Å². The molecule has 1 amide bonds. The third kappa shape index (κ3) is 5.86. The topological polar surface area (TPSA) is 133 Å². The van der Waals surface area contributed by atoms with E-state index in [9.17, 15) is 18.0 Å². The van der Waals surface area contributed by atoms with Gasteiger partial charge in [-0.2, -0.15) is 0 Å². The van der Waals surface area contributed by atoms with Crippen molar-refractivity contribution in [3.63, 3.8) is 0 Å². The molecule has 0 saturated carbocycles. The Bertz CT molecular complexity index is 1270. The van der Waals surface area contributed by atoms with E-state index in [2.05, 4.69) is 15.0 Å². The van der Waals surface area contributed by atoms with Crippen LogP contribution < -0.4 is 19.5 Å². The SMILES string of the molecule is CNS(=O)(=O)c1cccc(C(=O)OCC(=O)Nc2nc(-c3ccc(OC)c(OC)c3)cs2)c1. The number of rotatable bonds is 9. The number of nitrogens with zero attached hydrogens (tertiary/aromatic N) is 1. The fourth-order valence-electron chi connectivity index (χ4n) is 2.74. The van der Waals surface area contributed by atoms with Crippen molar-refractivity contribution in [3.05, 3.63) is 53.4 Å². The van der Waals surface area contributed by atoms with Crippen molar-refractivity contribution in [1.82, 2.24) is 9.71 Å². The van der Waals surface area contributed by atoms with Crippen LogP contribution in [0.2, 0.25) is 0 Å². The molecule has 0 saturated heterocycles. The van der Waals surface area contributed by atoms with Crippen LogP contribution in [-0.2, 0) is 19.6 Å². The molecule has 2 aromatic carbocycles. The number of ether oxygens (including phenoxy) is 3. The molecule has 0 aliphatic carbocycles. The molecule has 0 bridgehead atoms. The number of methoxy groups -OCH3 is 2. The van der Waals surface area contributed by atoms with Crippen LogP contribution in [0.5, 0.6) is 11.5 Å². The molecule has 0 radical (unpaired) electrons. The summed E-state index contributed by atoms with van der Waals surface area (Å²) < 4.78 is 41.4. The van der Waals surface area contributed by atoms with Crippen LogP contribution in [0.15, 0.2) is 52.7 Å². The van der Waals surface area contributed by atoms with Crippen LogP contribution in [-0.4, -0.2) is 53.2 Å². The minimum atomic E-state index is -3.71. The Hall–Kier alpha value is -3.48. The third-order valence-corrected chi connectivity index (χ3v) is 6.58. The quantitative estimate of drug-likeness (QED) is 0.436. The predicted octanol–water partition coefficient (Wildman–Crippen LogP) is 2.53. The molecule has 0 fully saturated rings. The number of hydrogen-bond donors (Lipinski definition) is 2. The molecule has 3 aromatic rings. The summed E-state index contributed by atoms with van der Waals surface area (Å²) in [5.74, 6) is -0.285. The Morgan fingerprint density at radius 3 is 2.52 bits per heavy atom. The summed E-state index contributed by atoms with van der Waals surface area (Å²) in [7, 11) is 0.626. The Morgan fingerprint density at radius 2 is 1.82 bits per heavy atom. The lowest BCUT2D eigenvalue weighted by Gasteiger charge is -2.08. The van der Waals surface area contributed by atoms with Crippen molar-refractivity contribution in [3.8, 4) is 22.8 Å². The van der Waals surface area contributed by atoms with Gasteiger partial charge in [0.15, 0.2) is 23.2 Å². The van der Waals surface area contributed by atoms with E-state index in [1.807, 2.05) is 6.07 Å². The molecule has 12 heteroatoms. The van der Waals surface area contributed by atoms with Gasteiger partial charge >= 0.3 is 5.97 Å². The van der Waals surface area contributed by atoms with Gasteiger partial charge in [-0.05, 0) is 43.4 Å². The zero-order valence-corrected chi connectivity index (χ0v) is 19.6. The number of carbonyl (C=O) groups excluding carboxylic acids is 2. The Kier molecular flexibility index (Phi) is 7.63. The summed E-state index contributed by atoms with van der Waals surface area (Å²) in [5, 5.41) is 4.65. The second-order valence-electron chi connectivity index (χ2n) is 6.47. The Labute approximate surface area is 194 Å². The monoisotopic (exact) mass is 491 g/mol. The van der Waals surface area contributed by atoms with E-state index >= 15 is 0 Å². The highest BCUT2D eigenvalue weighted by molar-refractivity contribution is 7.89. The van der Waals surface area contributed by atoms with Crippen LogP contribution in [0.1, 0.15) is 10.4 Å². The van der Waals surface area contributed by atoms with Gasteiger partial charge in [-0.25, -0.2) is 22.9 Å². The van der Waals surface area contributed by atoms with Crippen molar-refractivity contribution in [2.75, 3.05) is 33.2 Å². The van der Waals surface area contributed by atoms with Crippen molar-refractivity contribution in [2.24, 2.45) is 0 Å². The fourth-order valence-corrected chi connectivity index (χ4v) is 4.25. The van der Waals surface area contributed by atoms with Crippen molar-refractivity contribution in [2.45, 2.75) is 4.90 Å². The van der Waals surface area contributed by atoms with Gasteiger partial charge in [0, 0.05) is 10.9 Å². The maximum atomic E-state index is 12.2. The summed E-state index contributed by atoms with van der Waals surface area (Å²) in [6.07, 6.45) is 0. The van der Waals surface area contributed by atoms with Gasteiger partial charge in [0.05, 0.1) is 30.4 Å². The number of hydrogen-bond acceptors (Lipinski definition) is 9. The van der Waals surface area contributed by atoms with Crippen LogP contribution in [0.3, 0.4) is 0 Å². The molecule has 0 spiro atoms. The summed E-state index contributed by atoms with van der Waals surface area (Å²) >= 11 is 1.20. The molecule has 0 aliphatic rings. The minimum Gasteiger partial charge on any atom is -0.493 e. The molecular formula is C21H21N3O7S2. The number of aromatic nitrogens is 1. The van der Waals surface area contributed by atoms with E-state index in [1.165, 1.54) is 49.8 Å². The average molecular weight is 492 g/mol. The summed E-state index contributed by atoms with van der Waals surface area (Å²) in [4.78, 5) is 28.7. The van der Waals surface area contributed by atoms with Crippen molar-refractivity contribution < 1.29 is 32.2 Å². The van der Waals surface area contributed by atoms with Crippen LogP contribution >= 0.6 is 11.3 Å². The van der Waals surface area contributed by atoms with Gasteiger partial charge in [0.2, 0.25) is 10.0 Å². The second-order valence-corrected chi connectivity index (χ2v) is 9.21. The van der Waals surface area contributed by atoms with Gasteiger partial charge in [-0.15, -0.1) is 11.3 Å². The van der Waals surface area contributed by atoms with E-state index in [4.69, 9.17) is 14.2 Å². The van der Waals surface area contributed by atoms with Crippen LogP contribution in [0.25, 0.3) is 11.3 Å². The van der Waals surface area contributed by atoms with E-state index in [0.29, 0.717) is 22.3 Å². The molecule has 1 heterocycles. The maximum absolute atomic E-state index is 12.2. The zero-order chi connectivity index (χ0) is 24.0. The highest BCUT2D eigenvalue weighted by Crippen LogP contribution is 2.33. The maximum Gasteiger partial charge on any atom is 0.338 e. The normalized spacial score (nSPS) is 11.0. The standard InChI is InChI=1S/C21H21N3O7S2/c1-22-33(27,28)15-6-4-5-14(9-15)20(26)31-11-19(25)24-21-23-16(12-32-21)13-7-8-17(29-2)18(10-13)30-3/h4-10,12,22H,11H2,1-3H3,(H,23,24,25).